The second kappa shape index (κ2) is 16.3. The minimum Gasteiger partial charge on any atom is -0.493 e. The summed E-state index contributed by atoms with van der Waals surface area (Å²) in [5.74, 6) is 1.60. The molecule has 1 aliphatic carbocycles. The van der Waals surface area contributed by atoms with Crippen LogP contribution in [0.5, 0.6) is 11.5 Å². The van der Waals surface area contributed by atoms with Crippen LogP contribution in [0.2, 0.25) is 0 Å². The minimum atomic E-state index is -0.793. The van der Waals surface area contributed by atoms with E-state index in [0.29, 0.717) is 43.5 Å². The Hall–Kier alpha value is -1.87. The molecule has 5 N–H and O–H groups in total. The lowest BCUT2D eigenvalue weighted by molar-refractivity contribution is -0.129. The Balaban J connectivity index is 2.01. The van der Waals surface area contributed by atoms with Crippen LogP contribution in [0.3, 0.4) is 0 Å². The molecule has 2 rings (SSSR count). The summed E-state index contributed by atoms with van der Waals surface area (Å²) in [6.45, 7) is 9.51. The van der Waals surface area contributed by atoms with Gasteiger partial charge in [0.05, 0.1) is 32.0 Å². The van der Waals surface area contributed by atoms with Crippen LogP contribution in [0, 0.1) is 23.7 Å². The first-order valence-electron chi connectivity index (χ1n) is 14.3. The Morgan fingerprint density at radius 2 is 1.82 bits per heavy atom. The number of nitrogens with two attached hydrogens (primary N) is 1. The Morgan fingerprint density at radius 1 is 1.08 bits per heavy atom. The average Bonchev–Trinajstić information content (AvgIpc) is 3.28. The predicted molar refractivity (Wildman–Crippen MR) is 150 cm³/mol. The SMILES string of the molecule is COCCCOc1cc(C[C@@H](C[C@H](N)[C@@H](O)C[C@H](C(=O)N[C@@H]2CCC[C@H]2O)C(C)C)C(C)C)ccc1OC. The van der Waals surface area contributed by atoms with E-state index in [-0.39, 0.29) is 29.7 Å². The first kappa shape index (κ1) is 32.3. The van der Waals surface area contributed by atoms with Crippen molar-refractivity contribution in [1.82, 2.24) is 5.32 Å². The summed E-state index contributed by atoms with van der Waals surface area (Å²) in [6, 6.07) is 5.36. The number of benzene rings is 1. The van der Waals surface area contributed by atoms with Crippen molar-refractivity contribution in [2.24, 2.45) is 29.4 Å². The summed E-state index contributed by atoms with van der Waals surface area (Å²) in [5, 5.41) is 24.2. The smallest absolute Gasteiger partial charge is 0.223 e. The average molecular weight is 537 g/mol. The van der Waals surface area contributed by atoms with E-state index in [1.807, 2.05) is 26.0 Å². The zero-order valence-electron chi connectivity index (χ0n) is 24.3. The maximum Gasteiger partial charge on any atom is 0.223 e. The molecule has 0 aliphatic heterocycles. The lowest BCUT2D eigenvalue weighted by atomic mass is 9.80. The van der Waals surface area contributed by atoms with Gasteiger partial charge >= 0.3 is 0 Å². The fourth-order valence-corrected chi connectivity index (χ4v) is 5.26. The van der Waals surface area contributed by atoms with Gasteiger partial charge in [0.15, 0.2) is 11.5 Å². The molecule has 8 nitrogen and oxygen atoms in total. The molecule has 1 aromatic rings. The first-order valence-corrected chi connectivity index (χ1v) is 14.3. The van der Waals surface area contributed by atoms with Crippen LogP contribution < -0.4 is 20.5 Å². The molecular formula is C30H52N2O6. The molecule has 0 heterocycles. The molecule has 8 heteroatoms. The maximum atomic E-state index is 13.0. The quantitative estimate of drug-likeness (QED) is 0.224. The van der Waals surface area contributed by atoms with Crippen LogP contribution in [0.1, 0.15) is 71.8 Å². The van der Waals surface area contributed by atoms with E-state index in [4.69, 9.17) is 19.9 Å². The molecule has 218 valence electrons. The molecular weight excluding hydrogens is 484 g/mol. The summed E-state index contributed by atoms with van der Waals surface area (Å²) >= 11 is 0. The number of aliphatic hydroxyl groups is 2. The summed E-state index contributed by atoms with van der Waals surface area (Å²) in [7, 11) is 3.31. The van der Waals surface area contributed by atoms with E-state index >= 15 is 0 Å². The molecule has 38 heavy (non-hydrogen) atoms. The molecule has 0 saturated heterocycles. The Morgan fingerprint density at radius 3 is 2.39 bits per heavy atom. The van der Waals surface area contributed by atoms with Gasteiger partial charge in [-0.2, -0.15) is 0 Å². The van der Waals surface area contributed by atoms with Gasteiger partial charge < -0.3 is 35.5 Å². The largest absolute Gasteiger partial charge is 0.493 e. The van der Waals surface area contributed by atoms with Crippen LogP contribution in [-0.4, -0.2) is 67.8 Å². The molecule has 1 aliphatic rings. The number of aliphatic hydroxyl groups excluding tert-OH is 2. The molecule has 0 spiro atoms. The summed E-state index contributed by atoms with van der Waals surface area (Å²) in [4.78, 5) is 13.0. The standard InChI is InChI=1S/C30H52N2O6/c1-19(2)22(15-21-11-12-28(37-6)29(16-21)38-14-8-13-36-5)17-24(31)27(34)18-23(20(3)4)30(35)32-25-9-7-10-26(25)33/h11-12,16,19-20,22-27,33-34H,7-10,13-15,17-18,31H2,1-6H3,(H,32,35)/t22-,23-,24-,25+,26+,27-/m0/s1. The van der Waals surface area contributed by atoms with Gasteiger partial charge in [-0.1, -0.05) is 33.8 Å². The van der Waals surface area contributed by atoms with Crippen LogP contribution in [0.15, 0.2) is 18.2 Å². The van der Waals surface area contributed by atoms with Crippen molar-refractivity contribution in [3.63, 3.8) is 0 Å². The molecule has 6 atom stereocenters. The van der Waals surface area contributed by atoms with Crippen molar-refractivity contribution < 1.29 is 29.2 Å². The fourth-order valence-electron chi connectivity index (χ4n) is 5.26. The molecule has 0 radical (unpaired) electrons. The molecule has 0 unspecified atom stereocenters. The van der Waals surface area contributed by atoms with Crippen LogP contribution >= 0.6 is 0 Å². The number of hydrogen-bond donors (Lipinski definition) is 4. The lowest BCUT2D eigenvalue weighted by Gasteiger charge is -2.30. The van der Waals surface area contributed by atoms with Crippen LogP contribution in [0.4, 0.5) is 0 Å². The number of rotatable bonds is 17. The molecule has 1 aromatic carbocycles. The van der Waals surface area contributed by atoms with Crippen LogP contribution in [-0.2, 0) is 16.0 Å². The molecule has 1 amide bonds. The zero-order valence-corrected chi connectivity index (χ0v) is 24.3. The van der Waals surface area contributed by atoms with E-state index < -0.39 is 18.2 Å². The lowest BCUT2D eigenvalue weighted by Crippen LogP contribution is -2.46. The van der Waals surface area contributed by atoms with Gasteiger partial charge in [0.1, 0.15) is 0 Å². The number of amides is 1. The van der Waals surface area contributed by atoms with Crippen molar-refractivity contribution in [3.8, 4) is 11.5 Å². The zero-order chi connectivity index (χ0) is 28.2. The molecule has 0 aromatic heterocycles. The number of carbonyl (C=O) groups is 1. The van der Waals surface area contributed by atoms with Gasteiger partial charge in [-0.15, -0.1) is 0 Å². The van der Waals surface area contributed by atoms with Crippen LogP contribution in [0.25, 0.3) is 0 Å². The van der Waals surface area contributed by atoms with Crippen molar-refractivity contribution in [1.29, 1.82) is 0 Å². The van der Waals surface area contributed by atoms with E-state index in [0.717, 1.165) is 37.7 Å². The second-order valence-electron chi connectivity index (χ2n) is 11.6. The fraction of sp³-hybridized carbons (Fsp3) is 0.767. The van der Waals surface area contributed by atoms with Gasteiger partial charge in [0, 0.05) is 32.1 Å². The topological polar surface area (TPSA) is 123 Å². The third kappa shape index (κ3) is 10.0. The monoisotopic (exact) mass is 536 g/mol. The number of hydrogen-bond acceptors (Lipinski definition) is 7. The van der Waals surface area contributed by atoms with E-state index in [9.17, 15) is 15.0 Å². The van der Waals surface area contributed by atoms with Gasteiger partial charge in [-0.25, -0.2) is 0 Å². The molecule has 1 saturated carbocycles. The van der Waals surface area contributed by atoms with Crippen molar-refractivity contribution in [2.45, 2.75) is 96.9 Å². The number of carbonyl (C=O) groups excluding carboxylic acids is 1. The number of nitrogens with one attached hydrogen (secondary N) is 1. The Labute approximate surface area is 229 Å². The van der Waals surface area contributed by atoms with Crippen molar-refractivity contribution >= 4 is 5.91 Å². The summed E-state index contributed by atoms with van der Waals surface area (Å²) in [5.41, 5.74) is 7.66. The third-order valence-corrected chi connectivity index (χ3v) is 7.93. The second-order valence-corrected chi connectivity index (χ2v) is 11.6. The van der Waals surface area contributed by atoms with Gasteiger partial charge in [0.25, 0.3) is 0 Å². The highest BCUT2D eigenvalue weighted by atomic mass is 16.5. The molecule has 1 fully saturated rings. The highest BCUT2D eigenvalue weighted by Gasteiger charge is 2.33. The third-order valence-electron chi connectivity index (χ3n) is 7.93. The van der Waals surface area contributed by atoms with Gasteiger partial charge in [-0.05, 0) is 74.0 Å². The Bertz CT molecular complexity index is 833. The maximum absolute atomic E-state index is 13.0. The summed E-state index contributed by atoms with van der Waals surface area (Å²) < 4.78 is 16.5. The van der Waals surface area contributed by atoms with E-state index in [1.165, 1.54) is 0 Å². The highest BCUT2D eigenvalue weighted by molar-refractivity contribution is 5.79. The highest BCUT2D eigenvalue weighted by Crippen LogP contribution is 2.32. The minimum absolute atomic E-state index is 0.0536. The van der Waals surface area contributed by atoms with Crippen molar-refractivity contribution in [3.05, 3.63) is 23.8 Å². The number of ether oxygens (including phenoxy) is 3. The van der Waals surface area contributed by atoms with Crippen molar-refractivity contribution in [2.75, 3.05) is 27.4 Å². The number of methoxy groups -OCH3 is 2. The molecule has 0 bridgehead atoms. The van der Waals surface area contributed by atoms with Gasteiger partial charge in [0.2, 0.25) is 5.91 Å². The predicted octanol–water partition coefficient (Wildman–Crippen LogP) is 3.70. The first-order chi connectivity index (χ1) is 18.1. The summed E-state index contributed by atoms with van der Waals surface area (Å²) in [6.07, 6.45) is 3.68. The van der Waals surface area contributed by atoms with Gasteiger partial charge in [-0.3, -0.25) is 4.79 Å². The Kier molecular flexibility index (Phi) is 13.9. The van der Waals surface area contributed by atoms with E-state index in [1.54, 1.807) is 14.2 Å². The normalized spacial score (nSPS) is 20.8. The van der Waals surface area contributed by atoms with E-state index in [2.05, 4.69) is 25.2 Å².